The zero-order valence-corrected chi connectivity index (χ0v) is 18.9. The normalized spacial score (nSPS) is 27.6. The first-order chi connectivity index (χ1) is 14.6. The van der Waals surface area contributed by atoms with Crippen molar-refractivity contribution in [3.8, 4) is 0 Å². The summed E-state index contributed by atoms with van der Waals surface area (Å²) in [4.78, 5) is 50.5. The van der Waals surface area contributed by atoms with Crippen molar-refractivity contribution >= 4 is 23.8 Å². The molecule has 8 nitrogen and oxygen atoms in total. The van der Waals surface area contributed by atoms with Crippen LogP contribution in [0.4, 0.5) is 4.79 Å². The van der Waals surface area contributed by atoms with Crippen molar-refractivity contribution in [3.05, 3.63) is 11.6 Å². The van der Waals surface area contributed by atoms with Gasteiger partial charge in [0.15, 0.2) is 6.61 Å². The molecule has 3 rings (SSSR count). The number of imide groups is 1. The molecule has 1 spiro atoms. The van der Waals surface area contributed by atoms with E-state index in [1.807, 2.05) is 0 Å². The Balaban J connectivity index is 1.44. The molecule has 2 fully saturated rings. The molecular formula is C23H35N3O5. The van der Waals surface area contributed by atoms with Crippen molar-refractivity contribution < 1.29 is 23.9 Å². The minimum Gasteiger partial charge on any atom is -0.454 e. The van der Waals surface area contributed by atoms with Crippen molar-refractivity contribution in [2.24, 2.45) is 11.3 Å². The summed E-state index contributed by atoms with van der Waals surface area (Å²) < 4.78 is 5.00. The average Bonchev–Trinajstić information content (AvgIpc) is 2.89. The van der Waals surface area contributed by atoms with E-state index in [2.05, 4.69) is 37.5 Å². The number of amides is 4. The van der Waals surface area contributed by atoms with Gasteiger partial charge in [0, 0.05) is 6.54 Å². The van der Waals surface area contributed by atoms with Crippen molar-refractivity contribution in [1.29, 1.82) is 0 Å². The third-order valence-electron chi connectivity index (χ3n) is 6.43. The van der Waals surface area contributed by atoms with Gasteiger partial charge in [-0.05, 0) is 62.7 Å². The lowest BCUT2D eigenvalue weighted by atomic mass is 9.64. The van der Waals surface area contributed by atoms with E-state index in [1.165, 1.54) is 18.4 Å². The number of ether oxygens (including phenoxy) is 1. The van der Waals surface area contributed by atoms with Crippen LogP contribution in [-0.2, 0) is 19.1 Å². The molecule has 2 atom stereocenters. The summed E-state index contributed by atoms with van der Waals surface area (Å²) in [6, 6.07) is -0.572. The Morgan fingerprint density at radius 3 is 2.71 bits per heavy atom. The molecule has 31 heavy (non-hydrogen) atoms. The molecular weight excluding hydrogens is 398 g/mol. The summed E-state index contributed by atoms with van der Waals surface area (Å²) in [7, 11) is 0. The van der Waals surface area contributed by atoms with Gasteiger partial charge in [-0.25, -0.2) is 4.79 Å². The smallest absolute Gasteiger partial charge is 0.326 e. The van der Waals surface area contributed by atoms with Crippen LogP contribution < -0.4 is 10.6 Å². The van der Waals surface area contributed by atoms with Crippen LogP contribution in [0.1, 0.15) is 72.1 Å². The van der Waals surface area contributed by atoms with E-state index in [1.54, 1.807) is 0 Å². The molecule has 0 radical (unpaired) electrons. The Labute approximate surface area is 184 Å². The largest absolute Gasteiger partial charge is 0.454 e. The molecule has 2 aliphatic carbocycles. The molecule has 0 aromatic carbocycles. The van der Waals surface area contributed by atoms with Crippen molar-refractivity contribution in [2.75, 3.05) is 19.7 Å². The number of carbonyl (C=O) groups is 4. The summed E-state index contributed by atoms with van der Waals surface area (Å²) in [6.45, 7) is 5.85. The fraction of sp³-hybridized carbons (Fsp3) is 0.739. The van der Waals surface area contributed by atoms with Gasteiger partial charge >= 0.3 is 12.0 Å². The molecule has 1 aliphatic heterocycles. The summed E-state index contributed by atoms with van der Waals surface area (Å²) in [5, 5.41) is 5.57. The van der Waals surface area contributed by atoms with E-state index in [0.717, 1.165) is 30.6 Å². The van der Waals surface area contributed by atoms with E-state index in [4.69, 9.17) is 4.74 Å². The fourth-order valence-electron chi connectivity index (χ4n) is 5.52. The van der Waals surface area contributed by atoms with Crippen LogP contribution in [0.15, 0.2) is 11.6 Å². The fourth-order valence-corrected chi connectivity index (χ4v) is 5.52. The van der Waals surface area contributed by atoms with Crippen molar-refractivity contribution in [2.45, 2.75) is 77.7 Å². The first-order valence-electron chi connectivity index (χ1n) is 11.3. The second kappa shape index (κ2) is 9.40. The molecule has 1 heterocycles. The van der Waals surface area contributed by atoms with E-state index < -0.39 is 30.7 Å². The van der Waals surface area contributed by atoms with E-state index in [0.29, 0.717) is 19.4 Å². The topological polar surface area (TPSA) is 105 Å². The SMILES string of the molecule is C[C@H]1CC(C)(C)C[C@]2(C1)NC(=O)N(CC(=O)OCC(=O)NCCC1=CCCCC1)C2=O. The van der Waals surface area contributed by atoms with Gasteiger partial charge in [0.05, 0.1) is 0 Å². The second-order valence-corrected chi connectivity index (χ2v) is 10.1. The Morgan fingerprint density at radius 1 is 1.26 bits per heavy atom. The van der Waals surface area contributed by atoms with Gasteiger partial charge in [0.25, 0.3) is 11.8 Å². The third kappa shape index (κ3) is 5.86. The second-order valence-electron chi connectivity index (χ2n) is 10.1. The van der Waals surface area contributed by atoms with Gasteiger partial charge in [0.2, 0.25) is 0 Å². The molecule has 0 unspecified atom stereocenters. The lowest BCUT2D eigenvalue weighted by Gasteiger charge is -2.43. The highest BCUT2D eigenvalue weighted by Gasteiger charge is 2.56. The maximum atomic E-state index is 13.0. The number of hydrogen-bond acceptors (Lipinski definition) is 5. The Morgan fingerprint density at radius 2 is 2.03 bits per heavy atom. The number of esters is 1. The number of rotatable bonds is 7. The van der Waals surface area contributed by atoms with Gasteiger partial charge in [-0.15, -0.1) is 0 Å². The van der Waals surface area contributed by atoms with Crippen LogP contribution in [-0.4, -0.2) is 54.0 Å². The zero-order chi connectivity index (χ0) is 22.6. The molecule has 4 amide bonds. The number of urea groups is 1. The molecule has 0 aromatic heterocycles. The van der Waals surface area contributed by atoms with Gasteiger partial charge < -0.3 is 15.4 Å². The monoisotopic (exact) mass is 433 g/mol. The summed E-state index contributed by atoms with van der Waals surface area (Å²) in [5.74, 6) is -1.25. The van der Waals surface area contributed by atoms with Gasteiger partial charge in [0.1, 0.15) is 12.1 Å². The highest BCUT2D eigenvalue weighted by Crippen LogP contribution is 2.46. The van der Waals surface area contributed by atoms with Crippen LogP contribution in [0, 0.1) is 11.3 Å². The van der Waals surface area contributed by atoms with Gasteiger partial charge in [-0.2, -0.15) is 0 Å². The molecule has 3 aliphatic rings. The Hall–Kier alpha value is -2.38. The maximum absolute atomic E-state index is 13.0. The molecule has 172 valence electrons. The molecule has 0 aromatic rings. The van der Waals surface area contributed by atoms with Crippen LogP contribution in [0.2, 0.25) is 0 Å². The predicted octanol–water partition coefficient (Wildman–Crippen LogP) is 2.67. The van der Waals surface area contributed by atoms with Crippen molar-refractivity contribution in [1.82, 2.24) is 15.5 Å². The van der Waals surface area contributed by atoms with E-state index in [-0.39, 0.29) is 23.1 Å². The first kappa shape index (κ1) is 23.3. The molecule has 1 saturated carbocycles. The lowest BCUT2D eigenvalue weighted by molar-refractivity contribution is -0.151. The number of carbonyl (C=O) groups excluding carboxylic acids is 4. The minimum atomic E-state index is -0.955. The number of nitrogens with zero attached hydrogens (tertiary/aromatic N) is 1. The predicted molar refractivity (Wildman–Crippen MR) is 115 cm³/mol. The standard InChI is InChI=1S/C23H35N3O5/c1-16-11-22(2,3)15-23(12-16)20(29)26(21(30)25-23)13-19(28)31-14-18(27)24-10-9-17-7-5-4-6-8-17/h7,16H,4-6,8-15H2,1-3H3,(H,24,27)(H,25,30)/t16-,23-/m0/s1. The zero-order valence-electron chi connectivity index (χ0n) is 18.9. The van der Waals surface area contributed by atoms with Crippen LogP contribution >= 0.6 is 0 Å². The molecule has 2 N–H and O–H groups in total. The summed E-state index contributed by atoms with van der Waals surface area (Å²) in [6.07, 6.45) is 9.71. The minimum absolute atomic E-state index is 0.0805. The first-order valence-corrected chi connectivity index (χ1v) is 11.3. The quantitative estimate of drug-likeness (QED) is 0.365. The van der Waals surface area contributed by atoms with Crippen LogP contribution in [0.3, 0.4) is 0 Å². The third-order valence-corrected chi connectivity index (χ3v) is 6.43. The van der Waals surface area contributed by atoms with Crippen LogP contribution in [0.5, 0.6) is 0 Å². The maximum Gasteiger partial charge on any atom is 0.326 e. The van der Waals surface area contributed by atoms with Gasteiger partial charge in [-0.3, -0.25) is 19.3 Å². The number of allylic oxidation sites excluding steroid dienone is 1. The number of nitrogens with one attached hydrogen (secondary N) is 2. The van der Waals surface area contributed by atoms with E-state index in [9.17, 15) is 19.2 Å². The lowest BCUT2D eigenvalue weighted by Crippen LogP contribution is -2.54. The average molecular weight is 434 g/mol. The molecule has 8 heteroatoms. The summed E-state index contributed by atoms with van der Waals surface area (Å²) >= 11 is 0. The highest BCUT2D eigenvalue weighted by atomic mass is 16.5. The van der Waals surface area contributed by atoms with Crippen LogP contribution in [0.25, 0.3) is 0 Å². The summed E-state index contributed by atoms with van der Waals surface area (Å²) in [5.41, 5.74) is 0.323. The number of hydrogen-bond donors (Lipinski definition) is 2. The van der Waals surface area contributed by atoms with E-state index >= 15 is 0 Å². The Bertz CT molecular complexity index is 775. The van der Waals surface area contributed by atoms with Gasteiger partial charge in [-0.1, -0.05) is 32.4 Å². The Kier molecular flexibility index (Phi) is 7.06. The van der Waals surface area contributed by atoms with Crippen molar-refractivity contribution in [3.63, 3.8) is 0 Å². The highest BCUT2D eigenvalue weighted by molar-refractivity contribution is 6.08. The molecule has 0 bridgehead atoms. The molecule has 1 saturated heterocycles.